The van der Waals surface area contributed by atoms with Crippen LogP contribution >= 0.6 is 0 Å². The minimum Gasteiger partial charge on any atom is -0.342 e. The average Bonchev–Trinajstić information content (AvgIpc) is 3.21. The second-order valence-electron chi connectivity index (χ2n) is 9.48. The van der Waals surface area contributed by atoms with Crippen molar-refractivity contribution in [1.29, 1.82) is 0 Å². The number of rotatable bonds is 5. The van der Waals surface area contributed by atoms with E-state index in [0.717, 1.165) is 51.6 Å². The zero-order chi connectivity index (χ0) is 23.4. The van der Waals surface area contributed by atoms with Crippen molar-refractivity contribution in [3.63, 3.8) is 0 Å². The van der Waals surface area contributed by atoms with E-state index in [0.29, 0.717) is 37.2 Å². The molecule has 3 aliphatic rings. The molecule has 33 heavy (non-hydrogen) atoms. The summed E-state index contributed by atoms with van der Waals surface area (Å²) in [6, 6.07) is 5.06. The fourth-order valence-corrected chi connectivity index (χ4v) is 6.93. The fraction of sp³-hybridized carbons (Fsp3) is 0.600. The van der Waals surface area contributed by atoms with E-state index >= 15 is 0 Å². The lowest BCUT2D eigenvalue weighted by Crippen LogP contribution is -2.42. The SMILES string of the molecule is Cc1ccc(NC(=O)C2CC=CCC2C(=O)N2CCCC2)cc1S(=O)(=O)N1CCCCCC1. The van der Waals surface area contributed by atoms with E-state index in [1.165, 1.54) is 0 Å². The number of nitrogens with zero attached hydrogens (tertiary/aromatic N) is 2. The molecule has 0 radical (unpaired) electrons. The number of hydrogen-bond acceptors (Lipinski definition) is 4. The van der Waals surface area contributed by atoms with Crippen LogP contribution in [0.25, 0.3) is 0 Å². The number of carbonyl (C=O) groups excluding carboxylic acids is 2. The molecule has 0 spiro atoms. The largest absolute Gasteiger partial charge is 0.342 e. The molecule has 2 unspecified atom stereocenters. The average molecular weight is 474 g/mol. The Bertz CT molecular complexity index is 1010. The normalized spacial score (nSPS) is 24.5. The van der Waals surface area contributed by atoms with E-state index in [1.54, 1.807) is 29.4 Å². The lowest BCUT2D eigenvalue weighted by molar-refractivity contribution is -0.139. The van der Waals surface area contributed by atoms with Gasteiger partial charge in [0.25, 0.3) is 0 Å². The lowest BCUT2D eigenvalue weighted by atomic mass is 9.81. The van der Waals surface area contributed by atoms with E-state index in [1.807, 2.05) is 17.1 Å². The van der Waals surface area contributed by atoms with Crippen LogP contribution < -0.4 is 5.32 Å². The summed E-state index contributed by atoms with van der Waals surface area (Å²) in [6.07, 6.45) is 10.9. The summed E-state index contributed by atoms with van der Waals surface area (Å²) in [7, 11) is -3.62. The highest BCUT2D eigenvalue weighted by molar-refractivity contribution is 7.89. The van der Waals surface area contributed by atoms with Gasteiger partial charge in [0.05, 0.1) is 16.7 Å². The maximum absolute atomic E-state index is 13.3. The van der Waals surface area contributed by atoms with Crippen molar-refractivity contribution < 1.29 is 18.0 Å². The van der Waals surface area contributed by atoms with E-state index in [4.69, 9.17) is 0 Å². The number of nitrogens with one attached hydrogen (secondary N) is 1. The fourth-order valence-electron chi connectivity index (χ4n) is 5.16. The van der Waals surface area contributed by atoms with Gasteiger partial charge in [-0.2, -0.15) is 4.31 Å². The van der Waals surface area contributed by atoms with Gasteiger partial charge >= 0.3 is 0 Å². The van der Waals surface area contributed by atoms with Gasteiger partial charge in [-0.1, -0.05) is 31.1 Å². The Hall–Kier alpha value is -2.19. The van der Waals surface area contributed by atoms with Gasteiger partial charge in [-0.15, -0.1) is 0 Å². The lowest BCUT2D eigenvalue weighted by Gasteiger charge is -2.30. The zero-order valence-corrected chi connectivity index (χ0v) is 20.3. The highest BCUT2D eigenvalue weighted by atomic mass is 32.2. The Balaban J connectivity index is 1.52. The van der Waals surface area contributed by atoms with E-state index < -0.39 is 15.9 Å². The second kappa shape index (κ2) is 10.4. The molecule has 0 bridgehead atoms. The van der Waals surface area contributed by atoms with Crippen LogP contribution in [0.15, 0.2) is 35.2 Å². The van der Waals surface area contributed by atoms with Crippen molar-refractivity contribution in [2.24, 2.45) is 11.8 Å². The molecule has 2 amide bonds. The van der Waals surface area contributed by atoms with Crippen LogP contribution in [0.4, 0.5) is 5.69 Å². The summed E-state index contributed by atoms with van der Waals surface area (Å²) in [5.74, 6) is -0.974. The van der Waals surface area contributed by atoms with Crippen LogP contribution in [0.5, 0.6) is 0 Å². The first-order valence-electron chi connectivity index (χ1n) is 12.2. The number of carbonyl (C=O) groups is 2. The van der Waals surface area contributed by atoms with Gasteiger partial charge in [0.15, 0.2) is 0 Å². The quantitative estimate of drug-likeness (QED) is 0.661. The molecule has 1 N–H and O–H groups in total. The summed E-state index contributed by atoms with van der Waals surface area (Å²) < 4.78 is 28.3. The third-order valence-corrected chi connectivity index (χ3v) is 9.18. The number of aryl methyl sites for hydroxylation is 1. The number of benzene rings is 1. The number of anilines is 1. The van der Waals surface area contributed by atoms with Gasteiger partial charge in [0, 0.05) is 31.9 Å². The standard InChI is InChI=1S/C25H35N3O4S/c1-19-12-13-20(18-23(19)33(31,32)28-16-6-2-3-7-17-28)26-24(29)21-10-4-5-11-22(21)25(30)27-14-8-9-15-27/h4-5,12-13,18,21-22H,2-3,6-11,14-17H2,1H3,(H,26,29). The maximum atomic E-state index is 13.3. The molecule has 2 atom stereocenters. The molecule has 8 heteroatoms. The zero-order valence-electron chi connectivity index (χ0n) is 19.5. The minimum atomic E-state index is -3.62. The summed E-state index contributed by atoms with van der Waals surface area (Å²) >= 11 is 0. The molecule has 0 saturated carbocycles. The Kier molecular flexibility index (Phi) is 7.54. The van der Waals surface area contributed by atoms with Crippen molar-refractivity contribution in [3.05, 3.63) is 35.9 Å². The van der Waals surface area contributed by atoms with Gasteiger partial charge in [-0.3, -0.25) is 9.59 Å². The Morgan fingerprint density at radius 3 is 2.15 bits per heavy atom. The predicted octanol–water partition coefficient (Wildman–Crippen LogP) is 3.70. The van der Waals surface area contributed by atoms with Crippen LogP contribution in [-0.4, -0.2) is 55.6 Å². The molecule has 0 aromatic heterocycles. The molecular formula is C25H35N3O4S. The van der Waals surface area contributed by atoms with Crippen LogP contribution in [0.3, 0.4) is 0 Å². The first-order chi connectivity index (χ1) is 15.9. The second-order valence-corrected chi connectivity index (χ2v) is 11.4. The first kappa shape index (κ1) is 24.0. The topological polar surface area (TPSA) is 86.8 Å². The van der Waals surface area contributed by atoms with Gasteiger partial charge in [0.2, 0.25) is 21.8 Å². The summed E-state index contributed by atoms with van der Waals surface area (Å²) in [5.41, 5.74) is 1.13. The minimum absolute atomic E-state index is 0.0605. The molecular weight excluding hydrogens is 438 g/mol. The molecule has 2 heterocycles. The van der Waals surface area contributed by atoms with E-state index in [9.17, 15) is 18.0 Å². The summed E-state index contributed by atoms with van der Waals surface area (Å²) in [5, 5.41) is 2.92. The van der Waals surface area contributed by atoms with Crippen molar-refractivity contribution in [2.45, 2.75) is 63.2 Å². The molecule has 1 aromatic rings. The smallest absolute Gasteiger partial charge is 0.243 e. The summed E-state index contributed by atoms with van der Waals surface area (Å²) in [6.45, 7) is 4.39. The van der Waals surface area contributed by atoms with Crippen molar-refractivity contribution in [3.8, 4) is 0 Å². The monoisotopic (exact) mass is 473 g/mol. The van der Waals surface area contributed by atoms with Gasteiger partial charge < -0.3 is 10.2 Å². The number of likely N-dealkylation sites (tertiary alicyclic amines) is 1. The number of hydrogen-bond donors (Lipinski definition) is 1. The number of amides is 2. The Morgan fingerprint density at radius 1 is 0.879 bits per heavy atom. The van der Waals surface area contributed by atoms with Crippen molar-refractivity contribution in [1.82, 2.24) is 9.21 Å². The summed E-state index contributed by atoms with van der Waals surface area (Å²) in [4.78, 5) is 28.4. The van der Waals surface area contributed by atoms with Gasteiger partial charge in [-0.05, 0) is 63.1 Å². The highest BCUT2D eigenvalue weighted by Crippen LogP contribution is 2.31. The molecule has 1 aromatic carbocycles. The third-order valence-electron chi connectivity index (χ3n) is 7.14. The Labute approximate surface area is 197 Å². The van der Waals surface area contributed by atoms with Crippen molar-refractivity contribution >= 4 is 27.5 Å². The van der Waals surface area contributed by atoms with Crippen LogP contribution in [0.2, 0.25) is 0 Å². The molecule has 7 nitrogen and oxygen atoms in total. The van der Waals surface area contributed by atoms with E-state index in [2.05, 4.69) is 5.32 Å². The number of sulfonamides is 1. The number of allylic oxidation sites excluding steroid dienone is 2. The maximum Gasteiger partial charge on any atom is 0.243 e. The molecule has 2 aliphatic heterocycles. The molecule has 180 valence electrons. The third kappa shape index (κ3) is 5.32. The van der Waals surface area contributed by atoms with Crippen LogP contribution in [0.1, 0.15) is 56.9 Å². The molecule has 1 aliphatic carbocycles. The van der Waals surface area contributed by atoms with Crippen LogP contribution in [-0.2, 0) is 19.6 Å². The van der Waals surface area contributed by atoms with Crippen molar-refractivity contribution in [2.75, 3.05) is 31.5 Å². The Morgan fingerprint density at radius 2 is 1.48 bits per heavy atom. The van der Waals surface area contributed by atoms with Gasteiger partial charge in [-0.25, -0.2) is 8.42 Å². The molecule has 2 saturated heterocycles. The first-order valence-corrected chi connectivity index (χ1v) is 13.7. The van der Waals surface area contributed by atoms with Crippen LogP contribution in [0, 0.1) is 18.8 Å². The molecule has 2 fully saturated rings. The highest BCUT2D eigenvalue weighted by Gasteiger charge is 2.37. The van der Waals surface area contributed by atoms with Gasteiger partial charge in [0.1, 0.15) is 0 Å². The van der Waals surface area contributed by atoms with E-state index in [-0.39, 0.29) is 22.6 Å². The predicted molar refractivity (Wildman–Crippen MR) is 128 cm³/mol. The molecule has 4 rings (SSSR count).